The van der Waals surface area contributed by atoms with Crippen LogP contribution >= 0.6 is 0 Å². The van der Waals surface area contributed by atoms with Crippen LogP contribution in [0.4, 0.5) is 10.5 Å². The Kier molecular flexibility index (Phi) is 4.06. The standard InChI is InChI=1S/C21H21NO5/c1-21(2,3)27-20(24)22-16-7-5-4-6-14(16)15(19(22)23)10-13-8-9-17-18(11-13)26-12-25-17/h4-9,11,15H,10,12H2,1-3H3. The van der Waals surface area contributed by atoms with Crippen molar-refractivity contribution in [1.82, 2.24) is 0 Å². The molecule has 0 spiro atoms. The van der Waals surface area contributed by atoms with E-state index in [1.54, 1.807) is 26.8 Å². The van der Waals surface area contributed by atoms with E-state index < -0.39 is 17.6 Å². The van der Waals surface area contributed by atoms with Crippen LogP contribution in [0.15, 0.2) is 42.5 Å². The first-order valence-electron chi connectivity index (χ1n) is 8.88. The Balaban J connectivity index is 1.64. The third-order valence-electron chi connectivity index (χ3n) is 4.52. The van der Waals surface area contributed by atoms with Crippen LogP contribution in [-0.4, -0.2) is 24.4 Å². The summed E-state index contributed by atoms with van der Waals surface area (Å²) in [6, 6.07) is 13.0. The lowest BCUT2D eigenvalue weighted by Gasteiger charge is -2.24. The van der Waals surface area contributed by atoms with Crippen LogP contribution in [0.3, 0.4) is 0 Å². The Labute approximate surface area is 157 Å². The zero-order valence-corrected chi connectivity index (χ0v) is 15.5. The lowest BCUT2D eigenvalue weighted by atomic mass is 9.93. The first-order valence-corrected chi connectivity index (χ1v) is 8.88. The van der Waals surface area contributed by atoms with Crippen LogP contribution in [-0.2, 0) is 16.0 Å². The quantitative estimate of drug-likeness (QED) is 0.802. The number of para-hydroxylation sites is 1. The van der Waals surface area contributed by atoms with Gasteiger partial charge in [-0.25, -0.2) is 9.69 Å². The van der Waals surface area contributed by atoms with Gasteiger partial charge in [0.05, 0.1) is 11.6 Å². The molecule has 6 heteroatoms. The number of ether oxygens (including phenoxy) is 3. The van der Waals surface area contributed by atoms with E-state index >= 15 is 0 Å². The Bertz CT molecular complexity index is 915. The molecule has 0 saturated carbocycles. The molecule has 4 rings (SSSR count). The molecular weight excluding hydrogens is 346 g/mol. The third-order valence-corrected chi connectivity index (χ3v) is 4.52. The maximum absolute atomic E-state index is 13.1. The number of amides is 2. The SMILES string of the molecule is CC(C)(C)OC(=O)N1C(=O)C(Cc2ccc3c(c2)OCO3)c2ccccc21. The molecule has 0 fully saturated rings. The molecular formula is C21H21NO5. The van der Waals surface area contributed by atoms with E-state index in [4.69, 9.17) is 14.2 Å². The predicted molar refractivity (Wildman–Crippen MR) is 99.2 cm³/mol. The van der Waals surface area contributed by atoms with E-state index in [1.807, 2.05) is 36.4 Å². The molecule has 6 nitrogen and oxygen atoms in total. The van der Waals surface area contributed by atoms with Crippen molar-refractivity contribution < 1.29 is 23.8 Å². The average molecular weight is 367 g/mol. The molecule has 2 aromatic carbocycles. The molecule has 0 radical (unpaired) electrons. The second-order valence-electron chi connectivity index (χ2n) is 7.66. The van der Waals surface area contributed by atoms with E-state index in [2.05, 4.69) is 0 Å². The molecule has 0 saturated heterocycles. The van der Waals surface area contributed by atoms with Crippen molar-refractivity contribution in [2.75, 3.05) is 11.7 Å². The van der Waals surface area contributed by atoms with Crippen LogP contribution in [0, 0.1) is 0 Å². The van der Waals surface area contributed by atoms with Crippen molar-refractivity contribution in [2.24, 2.45) is 0 Å². The van der Waals surface area contributed by atoms with Crippen molar-refractivity contribution in [3.05, 3.63) is 53.6 Å². The molecule has 27 heavy (non-hydrogen) atoms. The highest BCUT2D eigenvalue weighted by Gasteiger charge is 2.42. The minimum Gasteiger partial charge on any atom is -0.454 e. The minimum absolute atomic E-state index is 0.205. The fourth-order valence-corrected chi connectivity index (χ4v) is 3.39. The minimum atomic E-state index is -0.679. The lowest BCUT2D eigenvalue weighted by molar-refractivity contribution is -0.119. The molecule has 0 bridgehead atoms. The van der Waals surface area contributed by atoms with Crippen LogP contribution in [0.1, 0.15) is 37.8 Å². The number of carbonyl (C=O) groups is 2. The summed E-state index contributed by atoms with van der Waals surface area (Å²) in [4.78, 5) is 26.9. The van der Waals surface area contributed by atoms with Gasteiger partial charge in [-0.2, -0.15) is 0 Å². The average Bonchev–Trinajstić information content (AvgIpc) is 3.16. The van der Waals surface area contributed by atoms with Gasteiger partial charge in [0.15, 0.2) is 11.5 Å². The summed E-state index contributed by atoms with van der Waals surface area (Å²) in [5.41, 5.74) is 1.67. The molecule has 2 aliphatic heterocycles. The van der Waals surface area contributed by atoms with Gasteiger partial charge in [-0.05, 0) is 56.5 Å². The maximum atomic E-state index is 13.1. The van der Waals surface area contributed by atoms with Gasteiger partial charge in [0, 0.05) is 0 Å². The summed E-state index contributed by atoms with van der Waals surface area (Å²) in [7, 11) is 0. The summed E-state index contributed by atoms with van der Waals surface area (Å²) in [6.45, 7) is 5.54. The van der Waals surface area contributed by atoms with Crippen LogP contribution in [0.25, 0.3) is 0 Å². The lowest BCUT2D eigenvalue weighted by Crippen LogP contribution is -2.39. The zero-order chi connectivity index (χ0) is 19.2. The molecule has 0 aromatic heterocycles. The number of carbonyl (C=O) groups excluding carboxylic acids is 2. The zero-order valence-electron chi connectivity index (χ0n) is 15.5. The van der Waals surface area contributed by atoms with E-state index in [1.165, 1.54) is 0 Å². The number of rotatable bonds is 2. The summed E-state index contributed by atoms with van der Waals surface area (Å²) < 4.78 is 16.2. The van der Waals surface area contributed by atoms with Crippen molar-refractivity contribution in [3.8, 4) is 11.5 Å². The first-order chi connectivity index (χ1) is 12.8. The molecule has 1 atom stereocenters. The topological polar surface area (TPSA) is 65.1 Å². The molecule has 2 aromatic rings. The van der Waals surface area contributed by atoms with Gasteiger partial charge in [0.25, 0.3) is 0 Å². The Morgan fingerprint density at radius 2 is 1.89 bits per heavy atom. The highest BCUT2D eigenvalue weighted by Crippen LogP contribution is 2.41. The maximum Gasteiger partial charge on any atom is 0.421 e. The molecule has 0 N–H and O–H groups in total. The largest absolute Gasteiger partial charge is 0.454 e. The van der Waals surface area contributed by atoms with Gasteiger partial charge in [-0.3, -0.25) is 4.79 Å². The van der Waals surface area contributed by atoms with Crippen LogP contribution < -0.4 is 14.4 Å². The van der Waals surface area contributed by atoms with Gasteiger partial charge in [0.1, 0.15) is 5.60 Å². The molecule has 0 aliphatic carbocycles. The Hall–Kier alpha value is -3.02. The number of hydrogen-bond acceptors (Lipinski definition) is 5. The number of nitrogens with zero attached hydrogens (tertiary/aromatic N) is 1. The third kappa shape index (κ3) is 3.23. The smallest absolute Gasteiger partial charge is 0.421 e. The van der Waals surface area contributed by atoms with Gasteiger partial charge in [-0.1, -0.05) is 24.3 Å². The van der Waals surface area contributed by atoms with Gasteiger partial charge < -0.3 is 14.2 Å². The van der Waals surface area contributed by atoms with E-state index in [-0.39, 0.29) is 12.7 Å². The van der Waals surface area contributed by atoms with Crippen LogP contribution in [0.2, 0.25) is 0 Å². The van der Waals surface area contributed by atoms with E-state index in [0.29, 0.717) is 23.6 Å². The van der Waals surface area contributed by atoms with Gasteiger partial charge in [0.2, 0.25) is 12.7 Å². The molecule has 2 amide bonds. The van der Waals surface area contributed by atoms with Crippen LogP contribution in [0.5, 0.6) is 11.5 Å². The normalized spacial score (nSPS) is 17.8. The fraction of sp³-hybridized carbons (Fsp3) is 0.333. The van der Waals surface area contributed by atoms with E-state index in [0.717, 1.165) is 16.0 Å². The highest BCUT2D eigenvalue weighted by molar-refractivity contribution is 6.19. The number of fused-ring (bicyclic) bond motifs is 2. The van der Waals surface area contributed by atoms with Crippen molar-refractivity contribution in [1.29, 1.82) is 0 Å². The molecule has 1 unspecified atom stereocenters. The molecule has 2 heterocycles. The fourth-order valence-electron chi connectivity index (χ4n) is 3.39. The summed E-state index contributed by atoms with van der Waals surface area (Å²) in [5.74, 6) is 0.653. The number of hydrogen-bond donors (Lipinski definition) is 0. The number of benzene rings is 2. The van der Waals surface area contributed by atoms with Crippen molar-refractivity contribution >= 4 is 17.7 Å². The summed E-state index contributed by atoms with van der Waals surface area (Å²) in [5, 5.41) is 0. The second kappa shape index (κ2) is 6.30. The van der Waals surface area contributed by atoms with Gasteiger partial charge in [-0.15, -0.1) is 0 Å². The first kappa shape index (κ1) is 17.4. The van der Waals surface area contributed by atoms with Crippen molar-refractivity contribution in [2.45, 2.75) is 38.7 Å². The molecule has 2 aliphatic rings. The Morgan fingerprint density at radius 1 is 1.15 bits per heavy atom. The highest BCUT2D eigenvalue weighted by atomic mass is 16.7. The second-order valence-corrected chi connectivity index (χ2v) is 7.66. The van der Waals surface area contributed by atoms with E-state index in [9.17, 15) is 9.59 Å². The number of anilines is 1. The molecule has 140 valence electrons. The monoisotopic (exact) mass is 367 g/mol. The van der Waals surface area contributed by atoms with Crippen molar-refractivity contribution in [3.63, 3.8) is 0 Å². The summed E-state index contributed by atoms with van der Waals surface area (Å²) in [6.07, 6.45) is -0.181. The van der Waals surface area contributed by atoms with Gasteiger partial charge >= 0.3 is 6.09 Å². The predicted octanol–water partition coefficient (Wildman–Crippen LogP) is 4.02. The number of imide groups is 1. The Morgan fingerprint density at radius 3 is 2.67 bits per heavy atom. The summed E-state index contributed by atoms with van der Waals surface area (Å²) >= 11 is 0.